The average molecular weight is 427 g/mol. The summed E-state index contributed by atoms with van der Waals surface area (Å²) in [6, 6.07) is 13.2. The van der Waals surface area contributed by atoms with E-state index >= 15 is 0 Å². The number of benzene rings is 2. The maximum Gasteiger partial charge on any atom is 0.277 e. The Labute approximate surface area is 180 Å². The van der Waals surface area contributed by atoms with Gasteiger partial charge in [-0.15, -0.1) is 0 Å². The number of carbonyl (C=O) groups is 2. The molecule has 1 saturated heterocycles. The molecule has 156 valence electrons. The Morgan fingerprint density at radius 2 is 1.60 bits per heavy atom. The van der Waals surface area contributed by atoms with Gasteiger partial charge in [-0.1, -0.05) is 42.8 Å². The molecule has 2 aliphatic heterocycles. The third kappa shape index (κ3) is 4.12. The molecule has 4 nitrogen and oxygen atoms in total. The van der Waals surface area contributed by atoms with Gasteiger partial charge in [0.15, 0.2) is 0 Å². The number of piperidine rings is 1. The summed E-state index contributed by atoms with van der Waals surface area (Å²) in [5.74, 6) is -0.342. The highest BCUT2D eigenvalue weighted by atomic mass is 35.5. The van der Waals surface area contributed by atoms with Gasteiger partial charge in [0.2, 0.25) is 0 Å². The molecule has 0 radical (unpaired) electrons. The predicted octanol–water partition coefficient (Wildman–Crippen LogP) is 4.53. The van der Waals surface area contributed by atoms with E-state index in [1.165, 1.54) is 17.0 Å². The number of imide groups is 1. The second-order valence-corrected chi connectivity index (χ2v) is 8.47. The third-order valence-electron chi connectivity index (χ3n) is 5.91. The molecule has 2 heterocycles. The Morgan fingerprint density at radius 1 is 0.967 bits per heavy atom. The second kappa shape index (κ2) is 8.60. The maximum atomic E-state index is 13.5. The summed E-state index contributed by atoms with van der Waals surface area (Å²) >= 11 is 5.94. The number of nitrogens with zero attached hydrogens (tertiary/aromatic N) is 2. The van der Waals surface area contributed by atoms with E-state index in [1.54, 1.807) is 24.3 Å². The van der Waals surface area contributed by atoms with Gasteiger partial charge in [0, 0.05) is 24.7 Å². The van der Waals surface area contributed by atoms with Crippen LogP contribution in [0.15, 0.2) is 54.2 Å². The minimum absolute atomic E-state index is 0.261. The monoisotopic (exact) mass is 426 g/mol. The van der Waals surface area contributed by atoms with Gasteiger partial charge in [-0.25, -0.2) is 4.39 Å². The van der Waals surface area contributed by atoms with Crippen LogP contribution in [0, 0.1) is 11.7 Å². The van der Waals surface area contributed by atoms with Crippen LogP contribution in [0.25, 0.3) is 5.57 Å². The quantitative estimate of drug-likeness (QED) is 0.659. The number of rotatable bonds is 5. The topological polar surface area (TPSA) is 40.6 Å². The summed E-state index contributed by atoms with van der Waals surface area (Å²) < 4.78 is 13.5. The van der Waals surface area contributed by atoms with Gasteiger partial charge in [-0.05, 0) is 60.6 Å². The summed E-state index contributed by atoms with van der Waals surface area (Å²) in [7, 11) is 0. The van der Waals surface area contributed by atoms with Crippen molar-refractivity contribution < 1.29 is 14.0 Å². The molecular formula is C24H24ClFN2O2. The smallest absolute Gasteiger partial charge is 0.277 e. The van der Waals surface area contributed by atoms with Crippen LogP contribution in [0.1, 0.15) is 30.9 Å². The number of likely N-dealkylation sites (tertiary alicyclic amines) is 1. The number of hydrogen-bond acceptors (Lipinski definition) is 3. The van der Waals surface area contributed by atoms with Crippen molar-refractivity contribution in [3.8, 4) is 0 Å². The normalized spacial score (nSPS) is 18.0. The molecule has 0 aromatic heterocycles. The lowest BCUT2D eigenvalue weighted by atomic mass is 9.97. The van der Waals surface area contributed by atoms with E-state index in [-0.39, 0.29) is 24.2 Å². The zero-order valence-corrected chi connectivity index (χ0v) is 17.7. The SMILES string of the molecule is CC1CCN(C2=C(c3ccc(F)cc3)C(=O)N(CCc3ccc(Cl)cc3)C2=O)CC1. The Balaban J connectivity index is 1.63. The fourth-order valence-electron chi connectivity index (χ4n) is 4.06. The van der Waals surface area contributed by atoms with Gasteiger partial charge in [0.25, 0.3) is 11.8 Å². The molecule has 2 aromatic carbocycles. The van der Waals surface area contributed by atoms with Gasteiger partial charge in [0.1, 0.15) is 11.5 Å². The number of hydrogen-bond donors (Lipinski definition) is 0. The minimum atomic E-state index is -0.371. The summed E-state index contributed by atoms with van der Waals surface area (Å²) in [5, 5.41) is 0.647. The summed E-state index contributed by atoms with van der Waals surface area (Å²) in [5.41, 5.74) is 2.42. The first-order valence-electron chi connectivity index (χ1n) is 10.3. The Hall–Kier alpha value is -2.66. The first kappa shape index (κ1) is 20.6. The van der Waals surface area contributed by atoms with E-state index in [9.17, 15) is 14.0 Å². The van der Waals surface area contributed by atoms with Crippen LogP contribution in [0.4, 0.5) is 4.39 Å². The van der Waals surface area contributed by atoms with E-state index in [0.29, 0.717) is 34.2 Å². The van der Waals surface area contributed by atoms with Gasteiger partial charge in [0.05, 0.1) is 5.57 Å². The zero-order valence-electron chi connectivity index (χ0n) is 16.9. The van der Waals surface area contributed by atoms with E-state index in [1.807, 2.05) is 17.0 Å². The maximum absolute atomic E-state index is 13.5. The molecule has 0 atom stereocenters. The van der Waals surface area contributed by atoms with Crippen LogP contribution < -0.4 is 0 Å². The molecule has 0 saturated carbocycles. The third-order valence-corrected chi connectivity index (χ3v) is 6.17. The lowest BCUT2D eigenvalue weighted by Gasteiger charge is -2.32. The molecule has 2 aromatic rings. The highest BCUT2D eigenvalue weighted by molar-refractivity contribution is 6.35. The molecule has 0 aliphatic carbocycles. The number of halogens is 2. The van der Waals surface area contributed by atoms with Crippen molar-refractivity contribution in [3.63, 3.8) is 0 Å². The molecule has 1 fully saturated rings. The molecule has 0 spiro atoms. The minimum Gasteiger partial charge on any atom is -0.366 e. The number of carbonyl (C=O) groups excluding carboxylic acids is 2. The molecule has 0 unspecified atom stereocenters. The molecule has 2 amide bonds. The fraction of sp³-hybridized carbons (Fsp3) is 0.333. The van der Waals surface area contributed by atoms with Crippen LogP contribution in [0.2, 0.25) is 5.02 Å². The van der Waals surface area contributed by atoms with Crippen LogP contribution in [0.3, 0.4) is 0 Å². The van der Waals surface area contributed by atoms with E-state index in [2.05, 4.69) is 6.92 Å². The lowest BCUT2D eigenvalue weighted by molar-refractivity contribution is -0.137. The largest absolute Gasteiger partial charge is 0.366 e. The highest BCUT2D eigenvalue weighted by Crippen LogP contribution is 2.34. The first-order valence-corrected chi connectivity index (χ1v) is 10.7. The Morgan fingerprint density at radius 3 is 2.23 bits per heavy atom. The van der Waals surface area contributed by atoms with Crippen molar-refractivity contribution in [2.24, 2.45) is 5.92 Å². The first-order chi connectivity index (χ1) is 14.4. The summed E-state index contributed by atoms with van der Waals surface area (Å²) in [4.78, 5) is 30.0. The predicted molar refractivity (Wildman–Crippen MR) is 115 cm³/mol. The van der Waals surface area contributed by atoms with Crippen LogP contribution >= 0.6 is 11.6 Å². The van der Waals surface area contributed by atoms with E-state index < -0.39 is 0 Å². The molecular weight excluding hydrogens is 403 g/mol. The van der Waals surface area contributed by atoms with Crippen molar-refractivity contribution in [2.45, 2.75) is 26.2 Å². The molecule has 4 rings (SSSR count). The van der Waals surface area contributed by atoms with E-state index in [4.69, 9.17) is 11.6 Å². The molecule has 2 aliphatic rings. The summed E-state index contributed by atoms with van der Waals surface area (Å²) in [6.07, 6.45) is 2.51. The molecule has 30 heavy (non-hydrogen) atoms. The summed E-state index contributed by atoms with van der Waals surface area (Å²) in [6.45, 7) is 3.97. The zero-order chi connectivity index (χ0) is 21.3. The van der Waals surface area contributed by atoms with Crippen LogP contribution in [-0.4, -0.2) is 41.2 Å². The average Bonchev–Trinajstić information content (AvgIpc) is 2.99. The van der Waals surface area contributed by atoms with Crippen molar-refractivity contribution in [1.82, 2.24) is 9.80 Å². The van der Waals surface area contributed by atoms with E-state index in [0.717, 1.165) is 31.5 Å². The van der Waals surface area contributed by atoms with Crippen molar-refractivity contribution in [3.05, 3.63) is 76.2 Å². The van der Waals surface area contributed by atoms with Crippen LogP contribution in [0.5, 0.6) is 0 Å². The number of amides is 2. The Bertz CT molecular complexity index is 977. The second-order valence-electron chi connectivity index (χ2n) is 8.04. The van der Waals surface area contributed by atoms with Gasteiger partial charge in [-0.2, -0.15) is 0 Å². The standard InChI is InChI=1S/C24H24ClFN2O2/c1-16-10-13-27(14-11-16)22-21(18-4-8-20(26)9-5-18)23(29)28(24(22)30)15-12-17-2-6-19(25)7-3-17/h2-9,16H,10-15H2,1H3. The molecule has 0 bridgehead atoms. The Kier molecular flexibility index (Phi) is 5.91. The van der Waals surface area contributed by atoms with Crippen molar-refractivity contribution >= 4 is 29.0 Å². The fourth-order valence-corrected chi connectivity index (χ4v) is 4.19. The van der Waals surface area contributed by atoms with Gasteiger partial charge < -0.3 is 4.90 Å². The van der Waals surface area contributed by atoms with Gasteiger partial charge in [-0.3, -0.25) is 14.5 Å². The van der Waals surface area contributed by atoms with Crippen LogP contribution in [-0.2, 0) is 16.0 Å². The lowest BCUT2D eigenvalue weighted by Crippen LogP contribution is -2.39. The van der Waals surface area contributed by atoms with Crippen molar-refractivity contribution in [2.75, 3.05) is 19.6 Å². The molecule has 6 heteroatoms. The highest BCUT2D eigenvalue weighted by Gasteiger charge is 2.41. The van der Waals surface area contributed by atoms with Crippen molar-refractivity contribution in [1.29, 1.82) is 0 Å². The van der Waals surface area contributed by atoms with Gasteiger partial charge >= 0.3 is 0 Å². The molecule has 0 N–H and O–H groups in total.